The molecule has 11 rings (SSSR count). The van der Waals surface area contributed by atoms with Crippen LogP contribution in [-0.2, 0) is 19.3 Å². The molecule has 0 heteroatoms. The molecule has 0 amide bonds. The molecule has 56 heavy (non-hydrogen) atoms. The molecule has 270 valence electrons. The Kier molecular flexibility index (Phi) is 8.84. The SMILES string of the molecule is C1=Cc2c(cc(-c3ccc4cc(-c5cccc(-c6ccc7cc(-c8cc9c(c%10c8C=CCC%10)CCC=C9)ccc7c6)c5)ccc4c3)c3ccccc23)CC1.CC. The number of rotatable bonds is 4. The molecule has 8 aromatic carbocycles. The van der Waals surface area contributed by atoms with E-state index in [1.165, 1.54) is 99.1 Å². The lowest BCUT2D eigenvalue weighted by molar-refractivity contribution is 0.906. The second-order valence-electron chi connectivity index (χ2n) is 15.4. The lowest BCUT2D eigenvalue weighted by atomic mass is 9.81. The summed E-state index contributed by atoms with van der Waals surface area (Å²) in [6, 6.07) is 50.7. The van der Waals surface area contributed by atoms with Crippen LogP contribution in [-0.4, -0.2) is 0 Å². The molecule has 0 aliphatic heterocycles. The number of benzene rings is 8. The van der Waals surface area contributed by atoms with Gasteiger partial charge in [0.25, 0.3) is 0 Å². The summed E-state index contributed by atoms with van der Waals surface area (Å²) in [7, 11) is 0. The molecule has 3 aliphatic carbocycles. The van der Waals surface area contributed by atoms with Crippen LogP contribution in [0.3, 0.4) is 0 Å². The Labute approximate surface area is 331 Å². The molecule has 0 nitrogen and oxygen atoms in total. The van der Waals surface area contributed by atoms with Gasteiger partial charge in [-0.25, -0.2) is 0 Å². The van der Waals surface area contributed by atoms with Crippen molar-refractivity contribution < 1.29 is 0 Å². The molecular weight excluding hydrogens is 673 g/mol. The fourth-order valence-electron chi connectivity index (χ4n) is 9.45. The fourth-order valence-corrected chi connectivity index (χ4v) is 9.45. The van der Waals surface area contributed by atoms with E-state index in [0.717, 1.165) is 38.5 Å². The van der Waals surface area contributed by atoms with Crippen LogP contribution in [0.15, 0.2) is 152 Å². The van der Waals surface area contributed by atoms with Crippen molar-refractivity contribution in [1.29, 1.82) is 0 Å². The monoisotopic (exact) mass is 718 g/mol. The van der Waals surface area contributed by atoms with Gasteiger partial charge in [-0.05, 0) is 191 Å². The maximum Gasteiger partial charge on any atom is -0.00992 e. The minimum atomic E-state index is 1.10. The average molecular weight is 719 g/mol. The van der Waals surface area contributed by atoms with E-state index in [1.807, 2.05) is 13.8 Å². The molecule has 0 N–H and O–H groups in total. The molecule has 0 heterocycles. The maximum absolute atomic E-state index is 2.44. The molecule has 3 aliphatic rings. The largest absolute Gasteiger partial charge is 0.0836 e. The van der Waals surface area contributed by atoms with Crippen LogP contribution < -0.4 is 0 Å². The Morgan fingerprint density at radius 1 is 0.357 bits per heavy atom. The highest BCUT2D eigenvalue weighted by Gasteiger charge is 2.20. The van der Waals surface area contributed by atoms with Crippen molar-refractivity contribution in [3.63, 3.8) is 0 Å². The summed E-state index contributed by atoms with van der Waals surface area (Å²) in [6.45, 7) is 4.00. The second-order valence-corrected chi connectivity index (χ2v) is 15.4. The predicted octanol–water partition coefficient (Wildman–Crippen LogP) is 15.7. The summed E-state index contributed by atoms with van der Waals surface area (Å²) in [4.78, 5) is 0. The average Bonchev–Trinajstić information content (AvgIpc) is 3.28. The third kappa shape index (κ3) is 6.02. The van der Waals surface area contributed by atoms with Gasteiger partial charge in [0, 0.05) is 0 Å². The van der Waals surface area contributed by atoms with Crippen molar-refractivity contribution in [2.24, 2.45) is 0 Å². The molecule has 0 saturated carbocycles. The summed E-state index contributed by atoms with van der Waals surface area (Å²) in [5.41, 5.74) is 19.1. The third-order valence-electron chi connectivity index (χ3n) is 12.2. The number of hydrogen-bond donors (Lipinski definition) is 0. The molecule has 0 unspecified atom stereocenters. The van der Waals surface area contributed by atoms with Crippen molar-refractivity contribution in [2.75, 3.05) is 0 Å². The smallest absolute Gasteiger partial charge is 0.00992 e. The first-order valence-corrected chi connectivity index (χ1v) is 20.7. The molecule has 0 bridgehead atoms. The number of allylic oxidation sites excluding steroid dienone is 3. The van der Waals surface area contributed by atoms with Crippen LogP contribution in [0.2, 0.25) is 0 Å². The van der Waals surface area contributed by atoms with Crippen LogP contribution in [0.5, 0.6) is 0 Å². The Bertz CT molecular complexity index is 2930. The van der Waals surface area contributed by atoms with Crippen LogP contribution in [0, 0.1) is 0 Å². The summed E-state index contributed by atoms with van der Waals surface area (Å²) >= 11 is 0. The van der Waals surface area contributed by atoms with Gasteiger partial charge >= 0.3 is 0 Å². The number of aryl methyl sites for hydroxylation is 1. The van der Waals surface area contributed by atoms with Gasteiger partial charge in [0.2, 0.25) is 0 Å². The van der Waals surface area contributed by atoms with Crippen LogP contribution in [0.4, 0.5) is 0 Å². The van der Waals surface area contributed by atoms with Gasteiger partial charge < -0.3 is 0 Å². The van der Waals surface area contributed by atoms with Crippen molar-refractivity contribution in [3.05, 3.63) is 185 Å². The van der Waals surface area contributed by atoms with Gasteiger partial charge in [0.1, 0.15) is 0 Å². The minimum absolute atomic E-state index is 1.10. The van der Waals surface area contributed by atoms with Gasteiger partial charge in [-0.2, -0.15) is 0 Å². The molecule has 0 atom stereocenters. The van der Waals surface area contributed by atoms with E-state index in [-0.39, 0.29) is 0 Å². The van der Waals surface area contributed by atoms with E-state index in [9.17, 15) is 0 Å². The zero-order chi connectivity index (χ0) is 37.6. The molecule has 0 radical (unpaired) electrons. The number of hydrogen-bond acceptors (Lipinski definition) is 0. The summed E-state index contributed by atoms with van der Waals surface area (Å²) in [5, 5.41) is 7.77. The first-order chi connectivity index (χ1) is 27.7. The molecule has 0 aromatic heterocycles. The van der Waals surface area contributed by atoms with Gasteiger partial charge in [-0.1, -0.05) is 141 Å². The minimum Gasteiger partial charge on any atom is -0.0836 e. The first kappa shape index (κ1) is 34.3. The summed E-state index contributed by atoms with van der Waals surface area (Å²) < 4.78 is 0. The van der Waals surface area contributed by atoms with E-state index in [4.69, 9.17) is 0 Å². The van der Waals surface area contributed by atoms with Crippen LogP contribution in [0.25, 0.3) is 95.1 Å². The van der Waals surface area contributed by atoms with Crippen molar-refractivity contribution in [3.8, 4) is 44.5 Å². The molecule has 0 saturated heterocycles. The van der Waals surface area contributed by atoms with Gasteiger partial charge in [0.05, 0.1) is 0 Å². The highest BCUT2D eigenvalue weighted by atomic mass is 14.2. The molecular formula is C56H46. The van der Waals surface area contributed by atoms with E-state index >= 15 is 0 Å². The predicted molar refractivity (Wildman–Crippen MR) is 244 cm³/mol. The third-order valence-corrected chi connectivity index (χ3v) is 12.2. The van der Waals surface area contributed by atoms with Crippen LogP contribution in [0.1, 0.15) is 66.5 Å². The van der Waals surface area contributed by atoms with E-state index in [2.05, 4.69) is 170 Å². The zero-order valence-corrected chi connectivity index (χ0v) is 32.4. The van der Waals surface area contributed by atoms with Gasteiger partial charge in [-0.15, -0.1) is 0 Å². The highest BCUT2D eigenvalue weighted by Crippen LogP contribution is 2.40. The maximum atomic E-state index is 2.44. The number of fused-ring (bicyclic) bond motifs is 8. The van der Waals surface area contributed by atoms with Crippen molar-refractivity contribution in [2.45, 2.75) is 52.4 Å². The first-order valence-electron chi connectivity index (χ1n) is 20.7. The Balaban J connectivity index is 0.00000189. The topological polar surface area (TPSA) is 0 Å². The van der Waals surface area contributed by atoms with Gasteiger partial charge in [-0.3, -0.25) is 0 Å². The van der Waals surface area contributed by atoms with Crippen LogP contribution >= 0.6 is 0 Å². The molecule has 0 fully saturated rings. The van der Waals surface area contributed by atoms with E-state index < -0.39 is 0 Å². The second kappa shape index (κ2) is 14.4. The highest BCUT2D eigenvalue weighted by molar-refractivity contribution is 6.04. The Hall–Kier alpha value is -6.24. The quantitative estimate of drug-likeness (QED) is 0.170. The Morgan fingerprint density at radius 3 is 1.55 bits per heavy atom. The molecule has 0 spiro atoms. The van der Waals surface area contributed by atoms with Crippen molar-refractivity contribution >= 4 is 50.5 Å². The zero-order valence-electron chi connectivity index (χ0n) is 32.4. The fraction of sp³-hybridized carbons (Fsp3) is 0.143. The summed E-state index contributed by atoms with van der Waals surface area (Å²) in [5.74, 6) is 0. The summed E-state index contributed by atoms with van der Waals surface area (Å²) in [6.07, 6.45) is 20.8. The normalized spacial score (nSPS) is 14.0. The molecule has 8 aromatic rings. The standard InChI is InChI=1S/C54H40.C2H6/c1-3-14-47-43(10-1)33-53(51-18-7-5-16-49(47)51)45-26-24-39-29-37(20-22-41(39)31-45)35-12-9-13-36(28-35)38-21-23-42-32-46(27-25-40(42)30-38)54-34-44-11-2-4-15-48(44)50-17-6-8-19-52(50)54;1-2/h1,4,6-10,12-13,15,17-34H,2-3,5,11,14,16H2;1-2H3. The lowest BCUT2D eigenvalue weighted by Crippen LogP contribution is -2.07. The van der Waals surface area contributed by atoms with E-state index in [0.29, 0.717) is 0 Å². The Morgan fingerprint density at radius 2 is 0.875 bits per heavy atom. The van der Waals surface area contributed by atoms with Gasteiger partial charge in [0.15, 0.2) is 0 Å². The lowest BCUT2D eigenvalue weighted by Gasteiger charge is -2.24. The van der Waals surface area contributed by atoms with Crippen molar-refractivity contribution in [1.82, 2.24) is 0 Å². The van der Waals surface area contributed by atoms with E-state index in [1.54, 1.807) is 11.1 Å².